The third kappa shape index (κ3) is 5.42. The lowest BCUT2D eigenvalue weighted by atomic mass is 10.1. The summed E-state index contributed by atoms with van der Waals surface area (Å²) in [5.74, 6) is -0.326. The van der Waals surface area contributed by atoms with E-state index in [1.807, 2.05) is 0 Å². The number of hydrogen-bond acceptors (Lipinski definition) is 5. The number of aromatic nitrogens is 2. The Bertz CT molecular complexity index is 911. The summed E-state index contributed by atoms with van der Waals surface area (Å²) in [5.41, 5.74) is -0.0300. The van der Waals surface area contributed by atoms with Crippen LogP contribution in [0.15, 0.2) is 23.0 Å². The first kappa shape index (κ1) is 18.7. The number of rotatable bonds is 4. The predicted molar refractivity (Wildman–Crippen MR) is 96.3 cm³/mol. The number of aromatic amines is 2. The van der Waals surface area contributed by atoms with Crippen molar-refractivity contribution in [3.05, 3.63) is 38.9 Å². The molecule has 9 heteroatoms. The fourth-order valence-corrected chi connectivity index (χ4v) is 2.27. The normalized spacial score (nSPS) is 11.2. The van der Waals surface area contributed by atoms with E-state index in [1.165, 1.54) is 0 Å². The van der Waals surface area contributed by atoms with Crippen LogP contribution in [-0.2, 0) is 4.74 Å². The van der Waals surface area contributed by atoms with Crippen molar-refractivity contribution >= 4 is 35.1 Å². The van der Waals surface area contributed by atoms with Crippen LogP contribution in [0.2, 0.25) is 0 Å². The van der Waals surface area contributed by atoms with Gasteiger partial charge >= 0.3 is 6.09 Å². The van der Waals surface area contributed by atoms with Gasteiger partial charge in [-0.25, -0.2) is 4.79 Å². The van der Waals surface area contributed by atoms with Crippen LogP contribution in [0.1, 0.15) is 31.1 Å². The molecule has 2 rings (SSSR count). The molecule has 0 aliphatic rings. The molecule has 0 aliphatic carbocycles. The predicted octanol–water partition coefficient (Wildman–Crippen LogP) is 1.84. The molecule has 25 heavy (non-hydrogen) atoms. The van der Waals surface area contributed by atoms with Gasteiger partial charge in [0.05, 0.1) is 10.9 Å². The molecule has 1 heterocycles. The van der Waals surface area contributed by atoms with Crippen LogP contribution in [0.4, 0.5) is 4.79 Å². The number of alkyl carbamates (subject to hydrolysis) is 1. The molecule has 0 fully saturated rings. The van der Waals surface area contributed by atoms with Crippen molar-refractivity contribution in [3.8, 4) is 0 Å². The highest BCUT2D eigenvalue weighted by Gasteiger charge is 2.15. The van der Waals surface area contributed by atoms with E-state index in [0.29, 0.717) is 16.5 Å². The summed E-state index contributed by atoms with van der Waals surface area (Å²) in [6, 6.07) is 4.65. The quantitative estimate of drug-likeness (QED) is 0.488. The summed E-state index contributed by atoms with van der Waals surface area (Å²) in [6.07, 6.45) is -0.542. The first-order valence-corrected chi connectivity index (χ1v) is 8.08. The van der Waals surface area contributed by atoms with Gasteiger partial charge in [0.2, 0.25) is 0 Å². The number of amides is 2. The molecule has 2 amide bonds. The largest absolute Gasteiger partial charge is 0.444 e. The van der Waals surface area contributed by atoms with E-state index < -0.39 is 11.7 Å². The van der Waals surface area contributed by atoms with E-state index in [1.54, 1.807) is 39.0 Å². The average molecular weight is 364 g/mol. The molecule has 0 spiro atoms. The second-order valence-electron chi connectivity index (χ2n) is 6.35. The van der Waals surface area contributed by atoms with E-state index in [4.69, 9.17) is 17.0 Å². The van der Waals surface area contributed by atoms with Gasteiger partial charge in [0, 0.05) is 18.7 Å². The van der Waals surface area contributed by atoms with E-state index >= 15 is 0 Å². The zero-order valence-electron chi connectivity index (χ0n) is 14.2. The highest BCUT2D eigenvalue weighted by molar-refractivity contribution is 7.71. The molecule has 0 unspecified atom stereocenters. The van der Waals surface area contributed by atoms with Crippen LogP contribution in [0.5, 0.6) is 0 Å². The van der Waals surface area contributed by atoms with Crippen molar-refractivity contribution in [2.75, 3.05) is 13.1 Å². The monoisotopic (exact) mass is 364 g/mol. The summed E-state index contributed by atoms with van der Waals surface area (Å²) in [5, 5.41) is 5.64. The van der Waals surface area contributed by atoms with Crippen LogP contribution in [0.3, 0.4) is 0 Å². The fourth-order valence-electron chi connectivity index (χ4n) is 2.07. The van der Waals surface area contributed by atoms with Gasteiger partial charge in [-0.1, -0.05) is 0 Å². The second-order valence-corrected chi connectivity index (χ2v) is 6.76. The molecule has 1 aromatic heterocycles. The van der Waals surface area contributed by atoms with Gasteiger partial charge in [-0.2, -0.15) is 0 Å². The Morgan fingerprint density at radius 3 is 2.52 bits per heavy atom. The molecule has 0 aliphatic heterocycles. The Kier molecular flexibility index (Phi) is 5.58. The Labute approximate surface area is 149 Å². The van der Waals surface area contributed by atoms with Crippen molar-refractivity contribution in [1.82, 2.24) is 20.6 Å². The maximum atomic E-state index is 12.2. The van der Waals surface area contributed by atoms with E-state index in [9.17, 15) is 14.4 Å². The summed E-state index contributed by atoms with van der Waals surface area (Å²) in [7, 11) is 0. The van der Waals surface area contributed by atoms with Gasteiger partial charge in [-0.3, -0.25) is 14.6 Å². The number of fused-ring (bicyclic) bond motifs is 1. The third-order valence-electron chi connectivity index (χ3n) is 3.08. The Morgan fingerprint density at radius 1 is 1.16 bits per heavy atom. The van der Waals surface area contributed by atoms with Gasteiger partial charge in [0.15, 0.2) is 4.77 Å². The van der Waals surface area contributed by atoms with Crippen LogP contribution < -0.4 is 16.2 Å². The van der Waals surface area contributed by atoms with E-state index in [-0.39, 0.29) is 29.3 Å². The number of H-pyrrole nitrogens is 2. The van der Waals surface area contributed by atoms with Crippen molar-refractivity contribution in [2.24, 2.45) is 0 Å². The third-order valence-corrected chi connectivity index (χ3v) is 3.28. The molecule has 134 valence electrons. The Morgan fingerprint density at radius 2 is 1.84 bits per heavy atom. The Hall–Kier alpha value is -2.68. The first-order chi connectivity index (χ1) is 11.7. The van der Waals surface area contributed by atoms with Gasteiger partial charge in [0.1, 0.15) is 5.60 Å². The van der Waals surface area contributed by atoms with Gasteiger partial charge in [-0.05, 0) is 51.2 Å². The molecule has 0 saturated heterocycles. The standard InChI is InChI=1S/C16H20N4O4S/c1-16(2,3)24-15(23)18-7-6-17-12(21)9-4-5-10-11(8-9)19-14(25)20-13(10)22/h4-5,8H,6-7H2,1-3H3,(H,17,21)(H,18,23)(H2,19,20,22,25). The Balaban J connectivity index is 1.93. The van der Waals surface area contributed by atoms with Crippen LogP contribution in [0, 0.1) is 4.77 Å². The summed E-state index contributed by atoms with van der Waals surface area (Å²) in [4.78, 5) is 40.7. The van der Waals surface area contributed by atoms with E-state index in [0.717, 1.165) is 0 Å². The number of carbonyl (C=O) groups is 2. The lowest BCUT2D eigenvalue weighted by Gasteiger charge is -2.19. The van der Waals surface area contributed by atoms with Gasteiger partial charge in [0.25, 0.3) is 11.5 Å². The lowest BCUT2D eigenvalue weighted by molar-refractivity contribution is 0.0526. The van der Waals surface area contributed by atoms with Gasteiger partial charge < -0.3 is 20.4 Å². The molecular weight excluding hydrogens is 344 g/mol. The maximum absolute atomic E-state index is 12.2. The smallest absolute Gasteiger partial charge is 0.407 e. The molecule has 4 N–H and O–H groups in total. The maximum Gasteiger partial charge on any atom is 0.407 e. The number of ether oxygens (including phenoxy) is 1. The number of benzene rings is 1. The summed E-state index contributed by atoms with van der Waals surface area (Å²) >= 11 is 4.92. The van der Waals surface area contributed by atoms with Crippen molar-refractivity contribution in [1.29, 1.82) is 0 Å². The number of carbonyl (C=O) groups excluding carboxylic acids is 2. The van der Waals surface area contributed by atoms with Crippen molar-refractivity contribution < 1.29 is 14.3 Å². The molecular formula is C16H20N4O4S. The number of hydrogen-bond donors (Lipinski definition) is 4. The molecule has 0 bridgehead atoms. The SMILES string of the molecule is CC(C)(C)OC(=O)NCCNC(=O)c1ccc2c(=O)[nH]c(=S)[nH]c2c1. The lowest BCUT2D eigenvalue weighted by Crippen LogP contribution is -2.37. The summed E-state index contributed by atoms with van der Waals surface area (Å²) in [6.45, 7) is 5.77. The fraction of sp³-hybridized carbons (Fsp3) is 0.375. The molecule has 1 aromatic carbocycles. The van der Waals surface area contributed by atoms with Crippen LogP contribution in [0.25, 0.3) is 10.9 Å². The highest BCUT2D eigenvalue weighted by atomic mass is 32.1. The highest BCUT2D eigenvalue weighted by Crippen LogP contribution is 2.10. The second kappa shape index (κ2) is 7.47. The van der Waals surface area contributed by atoms with Crippen LogP contribution in [-0.4, -0.2) is 40.7 Å². The minimum absolute atomic E-state index is 0.191. The zero-order valence-corrected chi connectivity index (χ0v) is 15.0. The topological polar surface area (TPSA) is 116 Å². The number of nitrogens with one attached hydrogen (secondary N) is 4. The summed E-state index contributed by atoms with van der Waals surface area (Å²) < 4.78 is 5.28. The molecule has 2 aromatic rings. The van der Waals surface area contributed by atoms with Crippen molar-refractivity contribution in [3.63, 3.8) is 0 Å². The average Bonchev–Trinajstić information content (AvgIpc) is 2.48. The minimum Gasteiger partial charge on any atom is -0.444 e. The van der Waals surface area contributed by atoms with Gasteiger partial charge in [-0.15, -0.1) is 0 Å². The molecule has 0 radical (unpaired) electrons. The molecule has 8 nitrogen and oxygen atoms in total. The molecule has 0 atom stereocenters. The van der Waals surface area contributed by atoms with Crippen molar-refractivity contribution in [2.45, 2.75) is 26.4 Å². The first-order valence-electron chi connectivity index (χ1n) is 7.67. The van der Waals surface area contributed by atoms with Crippen LogP contribution >= 0.6 is 12.2 Å². The van der Waals surface area contributed by atoms with E-state index in [2.05, 4.69) is 20.6 Å². The minimum atomic E-state index is -0.573. The zero-order chi connectivity index (χ0) is 18.6. The molecule has 0 saturated carbocycles.